The van der Waals surface area contributed by atoms with Crippen molar-refractivity contribution in [3.8, 4) is 0 Å². The summed E-state index contributed by atoms with van der Waals surface area (Å²) in [6, 6.07) is 10.7. The third-order valence-corrected chi connectivity index (χ3v) is 3.04. The van der Waals surface area contributed by atoms with Crippen molar-refractivity contribution >= 4 is 18.2 Å². The molecule has 0 atom stereocenters. The molecule has 0 spiro atoms. The van der Waals surface area contributed by atoms with Crippen molar-refractivity contribution in [1.82, 2.24) is 15.5 Å². The van der Waals surface area contributed by atoms with Crippen LogP contribution in [0.5, 0.6) is 0 Å². The van der Waals surface area contributed by atoms with Gasteiger partial charge in [-0.3, -0.25) is 0 Å². The summed E-state index contributed by atoms with van der Waals surface area (Å²) in [5, 5.41) is 11.4. The van der Waals surface area contributed by atoms with Crippen molar-refractivity contribution in [2.45, 2.75) is 0 Å². The van der Waals surface area contributed by atoms with Crippen LogP contribution in [0.3, 0.4) is 0 Å². The van der Waals surface area contributed by atoms with Gasteiger partial charge in [0.2, 0.25) is 5.89 Å². The van der Waals surface area contributed by atoms with Gasteiger partial charge in [-0.25, -0.2) is 0 Å². The Morgan fingerprint density at radius 2 is 1.84 bits per heavy atom. The van der Waals surface area contributed by atoms with Gasteiger partial charge in [-0.15, -0.1) is 5.10 Å². The molecule has 0 radical (unpaired) electrons. The first-order valence-corrected chi connectivity index (χ1v) is 6.44. The minimum Gasteiger partial charge on any atom is -0.404 e. The molecule has 1 aliphatic rings. The summed E-state index contributed by atoms with van der Waals surface area (Å²) in [5.41, 5.74) is 1.12. The number of aromatic nitrogens is 2. The summed E-state index contributed by atoms with van der Waals surface area (Å²) in [6.45, 7) is 3.73. The Balaban J connectivity index is 1.69. The lowest BCUT2D eigenvalue weighted by molar-refractivity contribution is 0.493. The molecule has 3 rings (SSSR count). The van der Waals surface area contributed by atoms with E-state index in [0.717, 1.165) is 31.7 Å². The van der Waals surface area contributed by atoms with E-state index >= 15 is 0 Å². The maximum absolute atomic E-state index is 5.63. The van der Waals surface area contributed by atoms with Crippen LogP contribution >= 0.6 is 0 Å². The van der Waals surface area contributed by atoms with Gasteiger partial charge in [0.05, 0.1) is 0 Å². The minimum absolute atomic E-state index is 0.539. The maximum Gasteiger partial charge on any atom is 0.318 e. The molecular weight excluding hydrogens is 240 g/mol. The third kappa shape index (κ3) is 3.00. The van der Waals surface area contributed by atoms with E-state index in [9.17, 15) is 0 Å². The first-order chi connectivity index (χ1) is 9.42. The maximum atomic E-state index is 5.63. The SMILES string of the molecule is C(=C\c1nnc(N2CCNCC2)o1)/c1ccccc1. The Morgan fingerprint density at radius 1 is 1.05 bits per heavy atom. The number of rotatable bonds is 3. The topological polar surface area (TPSA) is 54.2 Å². The molecule has 2 heterocycles. The molecule has 2 aromatic rings. The molecule has 0 bridgehead atoms. The summed E-state index contributed by atoms with van der Waals surface area (Å²) in [7, 11) is 0. The highest BCUT2D eigenvalue weighted by Gasteiger charge is 2.15. The molecule has 1 aliphatic heterocycles. The average molecular weight is 256 g/mol. The molecule has 1 aromatic carbocycles. The Morgan fingerprint density at radius 3 is 2.63 bits per heavy atom. The fourth-order valence-electron chi connectivity index (χ4n) is 2.01. The normalized spacial score (nSPS) is 16.1. The third-order valence-electron chi connectivity index (χ3n) is 3.04. The molecule has 19 heavy (non-hydrogen) atoms. The molecule has 1 saturated heterocycles. The van der Waals surface area contributed by atoms with Crippen molar-refractivity contribution in [3.05, 3.63) is 41.8 Å². The molecule has 1 aromatic heterocycles. The number of benzene rings is 1. The van der Waals surface area contributed by atoms with Gasteiger partial charge < -0.3 is 14.6 Å². The summed E-state index contributed by atoms with van der Waals surface area (Å²) >= 11 is 0. The minimum atomic E-state index is 0.539. The highest BCUT2D eigenvalue weighted by molar-refractivity contribution is 5.65. The summed E-state index contributed by atoms with van der Waals surface area (Å²) in [4.78, 5) is 2.10. The van der Waals surface area contributed by atoms with E-state index in [0.29, 0.717) is 11.9 Å². The van der Waals surface area contributed by atoms with Crippen molar-refractivity contribution in [2.75, 3.05) is 31.1 Å². The fraction of sp³-hybridized carbons (Fsp3) is 0.286. The van der Waals surface area contributed by atoms with Crippen LogP contribution in [-0.4, -0.2) is 36.4 Å². The molecule has 0 unspecified atom stereocenters. The highest BCUT2D eigenvalue weighted by atomic mass is 16.4. The number of hydrogen-bond acceptors (Lipinski definition) is 5. The molecule has 5 heteroatoms. The lowest BCUT2D eigenvalue weighted by Crippen LogP contribution is -2.43. The Labute approximate surface area is 111 Å². The van der Waals surface area contributed by atoms with E-state index < -0.39 is 0 Å². The van der Waals surface area contributed by atoms with Gasteiger partial charge in [-0.05, 0) is 11.6 Å². The highest BCUT2D eigenvalue weighted by Crippen LogP contribution is 2.14. The predicted molar refractivity (Wildman–Crippen MR) is 74.8 cm³/mol. The zero-order valence-corrected chi connectivity index (χ0v) is 10.6. The van der Waals surface area contributed by atoms with Crippen molar-refractivity contribution in [2.24, 2.45) is 0 Å². The number of nitrogens with zero attached hydrogens (tertiary/aromatic N) is 3. The lowest BCUT2D eigenvalue weighted by atomic mass is 10.2. The van der Waals surface area contributed by atoms with Crippen LogP contribution in [0.15, 0.2) is 34.7 Å². The standard InChI is InChI=1S/C14H16N4O/c1-2-4-12(5-3-1)6-7-13-16-17-14(19-13)18-10-8-15-9-11-18/h1-7,15H,8-11H2/b7-6+. The van der Waals surface area contributed by atoms with Crippen LogP contribution in [0, 0.1) is 0 Å². The fourth-order valence-corrected chi connectivity index (χ4v) is 2.01. The molecular formula is C14H16N4O. The number of hydrogen-bond donors (Lipinski definition) is 1. The van der Waals surface area contributed by atoms with Gasteiger partial charge in [0.15, 0.2) is 0 Å². The smallest absolute Gasteiger partial charge is 0.318 e. The largest absolute Gasteiger partial charge is 0.404 e. The van der Waals surface area contributed by atoms with Gasteiger partial charge in [0.1, 0.15) is 0 Å². The summed E-state index contributed by atoms with van der Waals surface area (Å²) < 4.78 is 5.63. The quantitative estimate of drug-likeness (QED) is 0.905. The molecule has 5 nitrogen and oxygen atoms in total. The van der Waals surface area contributed by atoms with Crippen LogP contribution < -0.4 is 10.2 Å². The van der Waals surface area contributed by atoms with Crippen LogP contribution in [-0.2, 0) is 0 Å². The second-order valence-corrected chi connectivity index (χ2v) is 4.40. The van der Waals surface area contributed by atoms with Crippen LogP contribution in [0.1, 0.15) is 11.5 Å². The Hall–Kier alpha value is -2.14. The van der Waals surface area contributed by atoms with Gasteiger partial charge in [0, 0.05) is 32.3 Å². The molecule has 0 saturated carbocycles. The van der Waals surface area contributed by atoms with Gasteiger partial charge in [-0.1, -0.05) is 35.4 Å². The molecule has 98 valence electrons. The van der Waals surface area contributed by atoms with E-state index in [1.54, 1.807) is 0 Å². The van der Waals surface area contributed by atoms with E-state index in [1.165, 1.54) is 0 Å². The van der Waals surface area contributed by atoms with Gasteiger partial charge >= 0.3 is 6.01 Å². The zero-order chi connectivity index (χ0) is 12.9. The molecule has 0 aliphatic carbocycles. The predicted octanol–water partition coefficient (Wildman–Crippen LogP) is 1.65. The van der Waals surface area contributed by atoms with E-state index in [2.05, 4.69) is 20.4 Å². The van der Waals surface area contributed by atoms with Crippen LogP contribution in [0.25, 0.3) is 12.2 Å². The Kier molecular flexibility index (Phi) is 3.56. The molecule has 1 N–H and O–H groups in total. The zero-order valence-electron chi connectivity index (χ0n) is 10.6. The molecule has 1 fully saturated rings. The van der Waals surface area contributed by atoms with Crippen LogP contribution in [0.4, 0.5) is 6.01 Å². The first-order valence-electron chi connectivity index (χ1n) is 6.44. The van der Waals surface area contributed by atoms with Gasteiger partial charge in [-0.2, -0.15) is 0 Å². The monoisotopic (exact) mass is 256 g/mol. The van der Waals surface area contributed by atoms with Crippen LogP contribution in [0.2, 0.25) is 0 Å². The molecule has 0 amide bonds. The second-order valence-electron chi connectivity index (χ2n) is 4.40. The number of piperazine rings is 1. The van der Waals surface area contributed by atoms with Crippen molar-refractivity contribution in [1.29, 1.82) is 0 Å². The van der Waals surface area contributed by atoms with E-state index in [4.69, 9.17) is 4.42 Å². The average Bonchev–Trinajstić information content (AvgIpc) is 2.96. The summed E-state index contributed by atoms with van der Waals surface area (Å²) in [6.07, 6.45) is 3.81. The van der Waals surface area contributed by atoms with E-state index in [1.807, 2.05) is 42.5 Å². The Bertz CT molecular complexity index is 544. The van der Waals surface area contributed by atoms with Crippen molar-refractivity contribution < 1.29 is 4.42 Å². The van der Waals surface area contributed by atoms with Crippen molar-refractivity contribution in [3.63, 3.8) is 0 Å². The lowest BCUT2D eigenvalue weighted by Gasteiger charge is -2.24. The first kappa shape index (κ1) is 11.9. The summed E-state index contributed by atoms with van der Waals surface area (Å²) in [5.74, 6) is 0.539. The number of nitrogens with one attached hydrogen (secondary N) is 1. The number of anilines is 1. The second kappa shape index (κ2) is 5.67. The van der Waals surface area contributed by atoms with E-state index in [-0.39, 0.29) is 0 Å². The van der Waals surface area contributed by atoms with Gasteiger partial charge in [0.25, 0.3) is 0 Å².